The first kappa shape index (κ1) is 16.0. The van der Waals surface area contributed by atoms with E-state index in [1.807, 2.05) is 37.3 Å². The number of alkyl carbamates (subject to hydrolysis) is 1. The summed E-state index contributed by atoms with van der Waals surface area (Å²) < 4.78 is 5.12. The van der Waals surface area contributed by atoms with Gasteiger partial charge in [-0.1, -0.05) is 37.3 Å². The minimum atomic E-state index is -0.813. The predicted molar refractivity (Wildman–Crippen MR) is 75.3 cm³/mol. The van der Waals surface area contributed by atoms with E-state index < -0.39 is 12.1 Å². The van der Waals surface area contributed by atoms with Crippen LogP contribution in [-0.2, 0) is 16.1 Å². The van der Waals surface area contributed by atoms with Gasteiger partial charge in [-0.2, -0.15) is 0 Å². The highest BCUT2D eigenvalue weighted by Gasteiger charge is 2.11. The van der Waals surface area contributed by atoms with Gasteiger partial charge in [-0.05, 0) is 24.8 Å². The number of carboxylic acids is 1. The number of hydrogen-bond acceptors (Lipinski definition) is 3. The molecule has 0 bridgehead atoms. The maximum atomic E-state index is 11.6. The Morgan fingerprint density at radius 2 is 2.00 bits per heavy atom. The molecule has 0 fully saturated rings. The van der Waals surface area contributed by atoms with Crippen LogP contribution in [0.1, 0.15) is 38.2 Å². The van der Waals surface area contributed by atoms with Crippen molar-refractivity contribution in [3.8, 4) is 0 Å². The molecule has 1 rings (SSSR count). The van der Waals surface area contributed by atoms with Crippen molar-refractivity contribution in [1.82, 2.24) is 5.32 Å². The van der Waals surface area contributed by atoms with Crippen LogP contribution in [0.25, 0.3) is 0 Å². The van der Waals surface area contributed by atoms with Gasteiger partial charge >= 0.3 is 12.1 Å². The molecule has 1 atom stereocenters. The molecule has 0 aliphatic carbocycles. The second-order valence-electron chi connectivity index (χ2n) is 4.60. The van der Waals surface area contributed by atoms with Crippen molar-refractivity contribution in [3.05, 3.63) is 35.9 Å². The third-order valence-electron chi connectivity index (χ3n) is 2.97. The number of rotatable bonds is 8. The lowest BCUT2D eigenvalue weighted by atomic mass is 10.1. The molecule has 1 unspecified atom stereocenters. The molecule has 110 valence electrons. The van der Waals surface area contributed by atoms with Gasteiger partial charge in [-0.25, -0.2) is 4.79 Å². The summed E-state index contributed by atoms with van der Waals surface area (Å²) in [6.07, 6.45) is 1.60. The van der Waals surface area contributed by atoms with E-state index in [1.54, 1.807) is 0 Å². The zero-order valence-corrected chi connectivity index (χ0v) is 11.7. The van der Waals surface area contributed by atoms with Crippen LogP contribution >= 0.6 is 0 Å². The minimum absolute atomic E-state index is 0.0439. The molecule has 0 saturated heterocycles. The molecule has 20 heavy (non-hydrogen) atoms. The van der Waals surface area contributed by atoms with Gasteiger partial charge in [0.1, 0.15) is 6.61 Å². The van der Waals surface area contributed by atoms with Gasteiger partial charge in [0, 0.05) is 12.5 Å². The molecule has 2 N–H and O–H groups in total. The molecule has 1 aromatic rings. The van der Waals surface area contributed by atoms with Crippen LogP contribution in [-0.4, -0.2) is 23.2 Å². The van der Waals surface area contributed by atoms with Crippen LogP contribution in [0.15, 0.2) is 30.3 Å². The maximum Gasteiger partial charge on any atom is 0.407 e. The fourth-order valence-electron chi connectivity index (χ4n) is 1.81. The van der Waals surface area contributed by atoms with Gasteiger partial charge < -0.3 is 15.2 Å². The number of benzene rings is 1. The Morgan fingerprint density at radius 3 is 2.60 bits per heavy atom. The molecule has 5 heteroatoms. The number of hydrogen-bond donors (Lipinski definition) is 2. The standard InChI is InChI=1S/C15H21NO4/c1-2-13(9-6-10-14(17)18)16-15(19)20-11-12-7-4-3-5-8-12/h3-5,7-8,13H,2,6,9-11H2,1H3,(H,16,19)(H,17,18). The molecule has 0 spiro atoms. The molecule has 0 radical (unpaired) electrons. The van der Waals surface area contributed by atoms with E-state index in [2.05, 4.69) is 5.32 Å². The summed E-state index contributed by atoms with van der Waals surface area (Å²) >= 11 is 0. The van der Waals surface area contributed by atoms with E-state index in [0.717, 1.165) is 12.0 Å². The van der Waals surface area contributed by atoms with Gasteiger partial charge in [-0.3, -0.25) is 4.79 Å². The smallest absolute Gasteiger partial charge is 0.407 e. The SMILES string of the molecule is CCC(CCCC(=O)O)NC(=O)OCc1ccccc1. The molecular formula is C15H21NO4. The third kappa shape index (κ3) is 6.78. The van der Waals surface area contributed by atoms with Crippen LogP contribution in [0.3, 0.4) is 0 Å². The van der Waals surface area contributed by atoms with E-state index in [1.165, 1.54) is 0 Å². The predicted octanol–water partition coefficient (Wildman–Crippen LogP) is 2.95. The molecule has 0 saturated carbocycles. The van der Waals surface area contributed by atoms with E-state index in [0.29, 0.717) is 12.8 Å². The Bertz CT molecular complexity index is 419. The molecular weight excluding hydrogens is 258 g/mol. The number of aliphatic carboxylic acids is 1. The summed E-state index contributed by atoms with van der Waals surface area (Å²) in [7, 11) is 0. The topological polar surface area (TPSA) is 75.6 Å². The Kier molecular flexibility index (Phi) is 7.17. The quantitative estimate of drug-likeness (QED) is 0.767. The van der Waals surface area contributed by atoms with Crippen LogP contribution in [0.5, 0.6) is 0 Å². The number of nitrogens with one attached hydrogen (secondary N) is 1. The highest BCUT2D eigenvalue weighted by Crippen LogP contribution is 2.06. The summed E-state index contributed by atoms with van der Waals surface area (Å²) in [6.45, 7) is 2.18. The zero-order chi connectivity index (χ0) is 14.8. The average Bonchev–Trinajstić information content (AvgIpc) is 2.44. The summed E-state index contributed by atoms with van der Waals surface area (Å²) in [6, 6.07) is 9.40. The summed E-state index contributed by atoms with van der Waals surface area (Å²) in [5.74, 6) is -0.813. The first-order valence-corrected chi connectivity index (χ1v) is 6.80. The highest BCUT2D eigenvalue weighted by atomic mass is 16.5. The van der Waals surface area contributed by atoms with Crippen molar-refractivity contribution < 1.29 is 19.4 Å². The molecule has 0 aliphatic rings. The summed E-state index contributed by atoms with van der Waals surface area (Å²) in [5.41, 5.74) is 0.932. The summed E-state index contributed by atoms with van der Waals surface area (Å²) in [4.78, 5) is 22.1. The third-order valence-corrected chi connectivity index (χ3v) is 2.97. The minimum Gasteiger partial charge on any atom is -0.481 e. The second kappa shape index (κ2) is 8.96. The molecule has 0 heterocycles. The molecule has 0 aliphatic heterocycles. The van der Waals surface area contributed by atoms with Gasteiger partial charge in [0.15, 0.2) is 0 Å². The summed E-state index contributed by atoms with van der Waals surface area (Å²) in [5, 5.41) is 11.3. The zero-order valence-electron chi connectivity index (χ0n) is 11.7. The first-order chi connectivity index (χ1) is 9.61. The average molecular weight is 279 g/mol. The van der Waals surface area contributed by atoms with E-state index in [9.17, 15) is 9.59 Å². The van der Waals surface area contributed by atoms with Gasteiger partial charge in [-0.15, -0.1) is 0 Å². The lowest BCUT2D eigenvalue weighted by Gasteiger charge is -2.16. The molecule has 1 aromatic carbocycles. The van der Waals surface area contributed by atoms with Gasteiger partial charge in [0.2, 0.25) is 0 Å². The van der Waals surface area contributed by atoms with E-state index in [-0.39, 0.29) is 19.1 Å². The van der Waals surface area contributed by atoms with Crippen molar-refractivity contribution in [2.24, 2.45) is 0 Å². The van der Waals surface area contributed by atoms with Crippen LogP contribution in [0.2, 0.25) is 0 Å². The van der Waals surface area contributed by atoms with E-state index in [4.69, 9.17) is 9.84 Å². The van der Waals surface area contributed by atoms with E-state index >= 15 is 0 Å². The lowest BCUT2D eigenvalue weighted by molar-refractivity contribution is -0.137. The van der Waals surface area contributed by atoms with Crippen LogP contribution < -0.4 is 5.32 Å². The molecule has 5 nitrogen and oxygen atoms in total. The maximum absolute atomic E-state index is 11.6. The van der Waals surface area contributed by atoms with Crippen LogP contribution in [0.4, 0.5) is 4.79 Å². The first-order valence-electron chi connectivity index (χ1n) is 6.80. The fourth-order valence-corrected chi connectivity index (χ4v) is 1.81. The van der Waals surface area contributed by atoms with Crippen molar-refractivity contribution in [2.75, 3.05) is 0 Å². The Balaban J connectivity index is 2.26. The van der Waals surface area contributed by atoms with Crippen LogP contribution in [0, 0.1) is 0 Å². The Hall–Kier alpha value is -2.04. The number of carbonyl (C=O) groups is 2. The normalized spacial score (nSPS) is 11.7. The highest BCUT2D eigenvalue weighted by molar-refractivity contribution is 5.68. The number of amides is 1. The fraction of sp³-hybridized carbons (Fsp3) is 0.467. The van der Waals surface area contributed by atoms with Crippen molar-refractivity contribution in [3.63, 3.8) is 0 Å². The monoisotopic (exact) mass is 279 g/mol. The molecule has 0 aromatic heterocycles. The Morgan fingerprint density at radius 1 is 1.30 bits per heavy atom. The Labute approximate surface area is 118 Å². The number of carboxylic acid groups (broad SMARTS) is 1. The largest absolute Gasteiger partial charge is 0.481 e. The lowest BCUT2D eigenvalue weighted by Crippen LogP contribution is -2.34. The van der Waals surface area contributed by atoms with Gasteiger partial charge in [0.05, 0.1) is 0 Å². The van der Waals surface area contributed by atoms with Crippen molar-refractivity contribution in [2.45, 2.75) is 45.3 Å². The number of ether oxygens (including phenoxy) is 1. The second-order valence-corrected chi connectivity index (χ2v) is 4.60. The van der Waals surface area contributed by atoms with Crippen molar-refractivity contribution in [1.29, 1.82) is 0 Å². The molecule has 1 amide bonds. The number of carbonyl (C=O) groups excluding carboxylic acids is 1. The van der Waals surface area contributed by atoms with Gasteiger partial charge in [0.25, 0.3) is 0 Å². The van der Waals surface area contributed by atoms with Crippen molar-refractivity contribution >= 4 is 12.1 Å².